The van der Waals surface area contributed by atoms with Crippen LogP contribution in [0.25, 0.3) is 0 Å². The van der Waals surface area contributed by atoms with Gasteiger partial charge in [-0.15, -0.1) is 0 Å². The van der Waals surface area contributed by atoms with Crippen LogP contribution in [0.3, 0.4) is 0 Å². The van der Waals surface area contributed by atoms with E-state index in [0.29, 0.717) is 10.6 Å². The Kier molecular flexibility index (Phi) is 4.86. The molecule has 0 saturated carbocycles. The summed E-state index contributed by atoms with van der Waals surface area (Å²) in [6.07, 6.45) is 0.990. The van der Waals surface area contributed by atoms with E-state index in [1.807, 2.05) is 36.4 Å². The lowest BCUT2D eigenvalue weighted by Crippen LogP contribution is -1.95. The zero-order chi connectivity index (χ0) is 14.4. The average molecular weight is 287 g/mol. The van der Waals surface area contributed by atoms with Gasteiger partial charge >= 0.3 is 0 Å². The molecule has 0 fully saturated rings. The van der Waals surface area contributed by atoms with Crippen molar-refractivity contribution in [1.29, 1.82) is 5.26 Å². The second kappa shape index (κ2) is 6.83. The minimum atomic E-state index is 0.445. The number of hydrogen-bond donors (Lipinski definition) is 1. The molecule has 0 saturated heterocycles. The number of anilines is 2. The first-order valence-electron chi connectivity index (χ1n) is 6.42. The fourth-order valence-corrected chi connectivity index (χ4v) is 1.93. The highest BCUT2D eigenvalue weighted by atomic mass is 35.5. The lowest BCUT2D eigenvalue weighted by Gasteiger charge is -2.09. The van der Waals surface area contributed by atoms with Crippen molar-refractivity contribution in [3.05, 3.63) is 53.1 Å². The largest absolute Gasteiger partial charge is 0.494 e. The molecule has 0 aromatic heterocycles. The summed E-state index contributed by atoms with van der Waals surface area (Å²) in [6, 6.07) is 15.0. The minimum absolute atomic E-state index is 0.445. The van der Waals surface area contributed by atoms with Crippen LogP contribution in [0, 0.1) is 11.3 Å². The van der Waals surface area contributed by atoms with E-state index < -0.39 is 0 Å². The van der Waals surface area contributed by atoms with E-state index in [9.17, 15) is 0 Å². The Morgan fingerprint density at radius 1 is 1.15 bits per heavy atom. The molecule has 102 valence electrons. The molecule has 20 heavy (non-hydrogen) atoms. The fourth-order valence-electron chi connectivity index (χ4n) is 1.70. The van der Waals surface area contributed by atoms with E-state index >= 15 is 0 Å². The molecule has 2 aromatic carbocycles. The normalized spacial score (nSPS) is 9.85. The van der Waals surface area contributed by atoms with Crippen LogP contribution >= 0.6 is 11.6 Å². The van der Waals surface area contributed by atoms with Crippen molar-refractivity contribution < 1.29 is 4.74 Å². The molecule has 0 spiro atoms. The van der Waals surface area contributed by atoms with Crippen molar-refractivity contribution in [2.24, 2.45) is 0 Å². The summed E-state index contributed by atoms with van der Waals surface area (Å²) >= 11 is 6.00. The van der Waals surface area contributed by atoms with Crippen LogP contribution in [-0.4, -0.2) is 6.61 Å². The first-order chi connectivity index (χ1) is 9.72. The molecule has 0 amide bonds. The molecule has 0 heterocycles. The molecule has 0 aliphatic carbocycles. The second-order valence-corrected chi connectivity index (χ2v) is 4.71. The second-order valence-electron chi connectivity index (χ2n) is 4.30. The lowest BCUT2D eigenvalue weighted by molar-refractivity contribution is 0.317. The number of nitriles is 1. The number of hydrogen-bond acceptors (Lipinski definition) is 3. The summed E-state index contributed by atoms with van der Waals surface area (Å²) in [5.74, 6) is 0.857. The zero-order valence-electron chi connectivity index (χ0n) is 11.2. The molecule has 0 aliphatic rings. The molecular weight excluding hydrogens is 272 g/mol. The molecule has 0 atom stereocenters. The highest BCUT2D eigenvalue weighted by Crippen LogP contribution is 2.24. The summed E-state index contributed by atoms with van der Waals surface area (Å²) < 4.78 is 5.52. The number of ether oxygens (including phenoxy) is 1. The van der Waals surface area contributed by atoms with Gasteiger partial charge < -0.3 is 10.1 Å². The predicted octanol–water partition coefficient (Wildman–Crippen LogP) is 4.74. The van der Waals surface area contributed by atoms with Gasteiger partial charge in [0.15, 0.2) is 0 Å². The molecule has 2 rings (SSSR count). The van der Waals surface area contributed by atoms with Crippen molar-refractivity contribution in [1.82, 2.24) is 0 Å². The third kappa shape index (κ3) is 3.66. The Hall–Kier alpha value is -2.18. The standard InChI is InChI=1S/C16H15ClN2O/c1-2-9-20-15-7-5-13(6-8-15)19-14-4-3-12(11-18)16(17)10-14/h3-8,10,19H,2,9H2,1H3. The van der Waals surface area contributed by atoms with Gasteiger partial charge in [0.1, 0.15) is 11.8 Å². The SMILES string of the molecule is CCCOc1ccc(Nc2ccc(C#N)c(Cl)c2)cc1. The van der Waals surface area contributed by atoms with E-state index in [-0.39, 0.29) is 0 Å². The summed E-state index contributed by atoms with van der Waals surface area (Å²) in [5.41, 5.74) is 2.26. The maximum atomic E-state index is 8.83. The maximum Gasteiger partial charge on any atom is 0.119 e. The Bertz CT molecular complexity index is 617. The van der Waals surface area contributed by atoms with Crippen molar-refractivity contribution in [2.45, 2.75) is 13.3 Å². The molecule has 0 unspecified atom stereocenters. The van der Waals surface area contributed by atoms with E-state index in [2.05, 4.69) is 12.2 Å². The van der Waals surface area contributed by atoms with Crippen molar-refractivity contribution in [3.63, 3.8) is 0 Å². The Morgan fingerprint density at radius 3 is 2.45 bits per heavy atom. The van der Waals surface area contributed by atoms with Crippen LogP contribution in [0.1, 0.15) is 18.9 Å². The number of nitrogens with zero attached hydrogens (tertiary/aromatic N) is 1. The third-order valence-electron chi connectivity index (χ3n) is 2.71. The quantitative estimate of drug-likeness (QED) is 0.863. The van der Waals surface area contributed by atoms with Crippen LogP contribution < -0.4 is 10.1 Å². The smallest absolute Gasteiger partial charge is 0.119 e. The van der Waals surface area contributed by atoms with Gasteiger partial charge in [-0.1, -0.05) is 18.5 Å². The van der Waals surface area contributed by atoms with Gasteiger partial charge in [0.05, 0.1) is 17.2 Å². The van der Waals surface area contributed by atoms with Crippen molar-refractivity contribution in [3.8, 4) is 11.8 Å². The number of benzene rings is 2. The summed E-state index contributed by atoms with van der Waals surface area (Å²) in [6.45, 7) is 2.79. The predicted molar refractivity (Wildman–Crippen MR) is 81.7 cm³/mol. The molecular formula is C16H15ClN2O. The molecule has 0 bridgehead atoms. The minimum Gasteiger partial charge on any atom is -0.494 e. The van der Waals surface area contributed by atoms with E-state index in [4.69, 9.17) is 21.6 Å². The summed E-state index contributed by atoms with van der Waals surface area (Å²) in [7, 11) is 0. The Labute approximate surface area is 123 Å². The summed E-state index contributed by atoms with van der Waals surface area (Å²) in [5, 5.41) is 12.5. The van der Waals surface area contributed by atoms with Crippen LogP contribution in [0.2, 0.25) is 5.02 Å². The van der Waals surface area contributed by atoms with Crippen LogP contribution in [0.5, 0.6) is 5.75 Å². The highest BCUT2D eigenvalue weighted by Gasteiger charge is 2.01. The molecule has 0 aliphatic heterocycles. The van der Waals surface area contributed by atoms with Crippen LogP contribution in [0.15, 0.2) is 42.5 Å². The van der Waals surface area contributed by atoms with Gasteiger partial charge in [0.2, 0.25) is 0 Å². The van der Waals surface area contributed by atoms with E-state index in [1.54, 1.807) is 12.1 Å². The topological polar surface area (TPSA) is 45.0 Å². The van der Waals surface area contributed by atoms with Crippen molar-refractivity contribution >= 4 is 23.0 Å². The Balaban J connectivity index is 2.06. The molecule has 2 aromatic rings. The van der Waals surface area contributed by atoms with Gasteiger partial charge in [-0.25, -0.2) is 0 Å². The van der Waals surface area contributed by atoms with Gasteiger partial charge in [0, 0.05) is 11.4 Å². The molecule has 0 radical (unpaired) electrons. The molecule has 3 nitrogen and oxygen atoms in total. The van der Waals surface area contributed by atoms with Crippen LogP contribution in [-0.2, 0) is 0 Å². The number of rotatable bonds is 5. The van der Waals surface area contributed by atoms with Gasteiger partial charge in [-0.2, -0.15) is 5.26 Å². The lowest BCUT2D eigenvalue weighted by atomic mass is 10.2. The average Bonchev–Trinajstić information content (AvgIpc) is 2.47. The molecule has 1 N–H and O–H groups in total. The van der Waals surface area contributed by atoms with Crippen LogP contribution in [0.4, 0.5) is 11.4 Å². The highest BCUT2D eigenvalue weighted by molar-refractivity contribution is 6.32. The van der Waals surface area contributed by atoms with E-state index in [0.717, 1.165) is 30.2 Å². The third-order valence-corrected chi connectivity index (χ3v) is 3.02. The monoisotopic (exact) mass is 286 g/mol. The number of nitrogens with one attached hydrogen (secondary N) is 1. The van der Waals surface area contributed by atoms with Gasteiger partial charge in [-0.05, 0) is 48.9 Å². The molecule has 4 heteroatoms. The first kappa shape index (κ1) is 14.2. The number of halogens is 1. The maximum absolute atomic E-state index is 8.83. The Morgan fingerprint density at radius 2 is 1.85 bits per heavy atom. The van der Waals surface area contributed by atoms with E-state index in [1.165, 1.54) is 0 Å². The zero-order valence-corrected chi connectivity index (χ0v) is 11.9. The summed E-state index contributed by atoms with van der Waals surface area (Å²) in [4.78, 5) is 0. The first-order valence-corrected chi connectivity index (χ1v) is 6.80. The van der Waals surface area contributed by atoms with Gasteiger partial charge in [-0.3, -0.25) is 0 Å². The van der Waals surface area contributed by atoms with Gasteiger partial charge in [0.25, 0.3) is 0 Å². The fraction of sp³-hybridized carbons (Fsp3) is 0.188. The van der Waals surface area contributed by atoms with Crippen molar-refractivity contribution in [2.75, 3.05) is 11.9 Å².